The van der Waals surface area contributed by atoms with E-state index >= 15 is 0 Å². The lowest BCUT2D eigenvalue weighted by molar-refractivity contribution is 0.0637. The molecule has 7 nitrogen and oxygen atoms in total. The van der Waals surface area contributed by atoms with Gasteiger partial charge in [0.2, 0.25) is 0 Å². The fourth-order valence-electron chi connectivity index (χ4n) is 2.94. The summed E-state index contributed by atoms with van der Waals surface area (Å²) in [6.07, 6.45) is 2.65. The summed E-state index contributed by atoms with van der Waals surface area (Å²) in [5, 5.41) is 0.935. The molecular weight excluding hydrogens is 419 g/mol. The van der Waals surface area contributed by atoms with E-state index in [1.54, 1.807) is 18.5 Å². The average molecular weight is 445 g/mol. The van der Waals surface area contributed by atoms with Crippen LogP contribution in [0, 0.1) is 5.82 Å². The molecule has 0 radical (unpaired) electrons. The van der Waals surface area contributed by atoms with Crippen LogP contribution in [0.25, 0.3) is 0 Å². The van der Waals surface area contributed by atoms with Crippen molar-refractivity contribution in [2.75, 3.05) is 13.2 Å². The molecule has 0 aliphatic carbocycles. The van der Waals surface area contributed by atoms with Crippen LogP contribution in [0.15, 0.2) is 58.7 Å². The first kappa shape index (κ1) is 22.8. The summed E-state index contributed by atoms with van der Waals surface area (Å²) in [5.41, 5.74) is 6.94. The lowest BCUT2D eigenvalue weighted by Crippen LogP contribution is -2.17. The third-order valence-corrected chi connectivity index (χ3v) is 5.49. The van der Waals surface area contributed by atoms with Crippen LogP contribution >= 0.6 is 11.8 Å². The van der Waals surface area contributed by atoms with E-state index in [-0.39, 0.29) is 31.6 Å². The zero-order valence-corrected chi connectivity index (χ0v) is 18.3. The van der Waals surface area contributed by atoms with Crippen LogP contribution in [0.1, 0.15) is 36.8 Å². The van der Waals surface area contributed by atoms with E-state index in [1.807, 2.05) is 18.2 Å². The number of ether oxygens (including phenoxy) is 2. The highest BCUT2D eigenvalue weighted by Gasteiger charge is 2.21. The molecule has 3 aromatic rings. The molecule has 2 N–H and O–H groups in total. The Morgan fingerprint density at radius 2 is 2.00 bits per heavy atom. The Hall–Kier alpha value is -2.91. The van der Waals surface area contributed by atoms with Gasteiger partial charge in [0.15, 0.2) is 0 Å². The second-order valence-electron chi connectivity index (χ2n) is 7.09. The highest BCUT2D eigenvalue weighted by atomic mass is 32.2. The standard InChI is InChI=1S/C22H25FN4O3S/c1-15(2)20-21(31-18-5-3-4-17(23)12-18)27(13-16-6-8-25-9-7-16)19(26-20)14-29-10-11-30-22(24)28/h3-9,12,15H,10-11,13-14H2,1-2H3,(H2,24,28). The number of primary amides is 1. The summed E-state index contributed by atoms with van der Waals surface area (Å²) in [6, 6.07) is 10.4. The van der Waals surface area contributed by atoms with E-state index in [9.17, 15) is 9.18 Å². The zero-order chi connectivity index (χ0) is 22.2. The molecule has 0 spiro atoms. The number of carbonyl (C=O) groups is 1. The highest BCUT2D eigenvalue weighted by Crippen LogP contribution is 2.35. The summed E-state index contributed by atoms with van der Waals surface area (Å²) in [7, 11) is 0. The maximum atomic E-state index is 13.8. The molecule has 1 aromatic carbocycles. The number of nitrogens with two attached hydrogens (primary N) is 1. The molecule has 0 atom stereocenters. The minimum Gasteiger partial charge on any atom is -0.447 e. The Bertz CT molecular complexity index is 1010. The molecule has 0 aliphatic rings. The number of amides is 1. The largest absolute Gasteiger partial charge is 0.447 e. The summed E-state index contributed by atoms with van der Waals surface area (Å²) in [5.74, 6) is 0.611. The van der Waals surface area contributed by atoms with Crippen molar-refractivity contribution in [3.63, 3.8) is 0 Å². The van der Waals surface area contributed by atoms with Crippen LogP contribution in [0.2, 0.25) is 0 Å². The molecule has 31 heavy (non-hydrogen) atoms. The van der Waals surface area contributed by atoms with E-state index in [1.165, 1.54) is 23.9 Å². The van der Waals surface area contributed by atoms with Gasteiger partial charge in [-0.05, 0) is 41.8 Å². The molecular formula is C22H25FN4O3S. The lowest BCUT2D eigenvalue weighted by atomic mass is 10.1. The van der Waals surface area contributed by atoms with Gasteiger partial charge in [-0.15, -0.1) is 0 Å². The molecule has 2 aromatic heterocycles. The number of imidazole rings is 1. The Balaban J connectivity index is 1.91. The van der Waals surface area contributed by atoms with Crippen LogP contribution in [0.5, 0.6) is 0 Å². The van der Waals surface area contributed by atoms with Gasteiger partial charge in [0, 0.05) is 17.3 Å². The molecule has 3 rings (SSSR count). The van der Waals surface area contributed by atoms with Crippen molar-refractivity contribution in [1.29, 1.82) is 0 Å². The first-order valence-electron chi connectivity index (χ1n) is 9.85. The SMILES string of the molecule is CC(C)c1nc(COCCOC(N)=O)n(Cc2ccncc2)c1Sc1cccc(F)c1. The smallest absolute Gasteiger partial charge is 0.404 e. The van der Waals surface area contributed by atoms with E-state index in [0.717, 1.165) is 27.0 Å². The summed E-state index contributed by atoms with van der Waals surface area (Å²) < 4.78 is 26.2. The Morgan fingerprint density at radius 1 is 1.23 bits per heavy atom. The molecule has 1 amide bonds. The van der Waals surface area contributed by atoms with Gasteiger partial charge in [-0.2, -0.15) is 0 Å². The molecule has 0 aliphatic heterocycles. The van der Waals surface area contributed by atoms with E-state index in [4.69, 9.17) is 20.2 Å². The Labute approximate surface area is 184 Å². The monoisotopic (exact) mass is 444 g/mol. The van der Waals surface area contributed by atoms with Gasteiger partial charge in [0.25, 0.3) is 0 Å². The van der Waals surface area contributed by atoms with E-state index in [2.05, 4.69) is 23.4 Å². The molecule has 2 heterocycles. The van der Waals surface area contributed by atoms with Crippen molar-refractivity contribution < 1.29 is 18.7 Å². The zero-order valence-electron chi connectivity index (χ0n) is 17.5. The van der Waals surface area contributed by atoms with Crippen LogP contribution < -0.4 is 5.73 Å². The average Bonchev–Trinajstić information content (AvgIpc) is 3.06. The number of hydrogen-bond acceptors (Lipinski definition) is 6. The lowest BCUT2D eigenvalue weighted by Gasteiger charge is -2.14. The van der Waals surface area contributed by atoms with E-state index in [0.29, 0.717) is 6.54 Å². The molecule has 0 saturated heterocycles. The van der Waals surface area contributed by atoms with Gasteiger partial charge in [-0.1, -0.05) is 31.7 Å². The van der Waals surface area contributed by atoms with Crippen LogP contribution in [0.3, 0.4) is 0 Å². The predicted molar refractivity (Wildman–Crippen MR) is 115 cm³/mol. The fourth-order valence-corrected chi connectivity index (χ4v) is 4.14. The van der Waals surface area contributed by atoms with Gasteiger partial charge in [0.05, 0.1) is 18.8 Å². The van der Waals surface area contributed by atoms with Crippen molar-refractivity contribution >= 4 is 17.9 Å². The third kappa shape index (κ3) is 6.53. The number of aromatic nitrogens is 3. The minimum absolute atomic E-state index is 0.0718. The number of nitrogens with zero attached hydrogens (tertiary/aromatic N) is 3. The predicted octanol–water partition coefficient (Wildman–Crippen LogP) is 4.35. The number of rotatable bonds is 10. The summed E-state index contributed by atoms with van der Waals surface area (Å²) >= 11 is 1.47. The molecule has 9 heteroatoms. The molecule has 0 saturated carbocycles. The van der Waals surface area contributed by atoms with Crippen molar-refractivity contribution in [3.05, 3.63) is 71.7 Å². The molecule has 0 bridgehead atoms. The van der Waals surface area contributed by atoms with Gasteiger partial charge in [0.1, 0.15) is 29.9 Å². The number of benzene rings is 1. The van der Waals surface area contributed by atoms with Crippen molar-refractivity contribution in [2.45, 2.75) is 42.8 Å². The second kappa shape index (κ2) is 10.9. The van der Waals surface area contributed by atoms with Gasteiger partial charge in [-0.3, -0.25) is 4.98 Å². The number of hydrogen-bond donors (Lipinski definition) is 1. The van der Waals surface area contributed by atoms with Gasteiger partial charge >= 0.3 is 6.09 Å². The van der Waals surface area contributed by atoms with Crippen molar-refractivity contribution in [2.24, 2.45) is 5.73 Å². The maximum Gasteiger partial charge on any atom is 0.404 e. The third-order valence-electron chi connectivity index (χ3n) is 4.38. The fraction of sp³-hybridized carbons (Fsp3) is 0.318. The summed E-state index contributed by atoms with van der Waals surface area (Å²) in [4.78, 5) is 20.4. The normalized spacial score (nSPS) is 11.1. The minimum atomic E-state index is -0.835. The Morgan fingerprint density at radius 3 is 2.68 bits per heavy atom. The molecule has 0 unspecified atom stereocenters. The molecule has 0 fully saturated rings. The summed E-state index contributed by atoms with van der Waals surface area (Å²) in [6.45, 7) is 5.21. The number of halogens is 1. The second-order valence-corrected chi connectivity index (χ2v) is 8.16. The van der Waals surface area contributed by atoms with Crippen LogP contribution in [-0.4, -0.2) is 33.8 Å². The Kier molecular flexibility index (Phi) is 8.02. The number of carbonyl (C=O) groups excluding carboxylic acids is 1. The van der Waals surface area contributed by atoms with Crippen molar-refractivity contribution in [3.8, 4) is 0 Å². The topological polar surface area (TPSA) is 92.3 Å². The van der Waals surface area contributed by atoms with Gasteiger partial charge in [-0.25, -0.2) is 14.2 Å². The van der Waals surface area contributed by atoms with E-state index < -0.39 is 6.09 Å². The highest BCUT2D eigenvalue weighted by molar-refractivity contribution is 7.99. The molecule has 164 valence electrons. The van der Waals surface area contributed by atoms with Crippen LogP contribution in [-0.2, 0) is 22.6 Å². The first-order chi connectivity index (χ1) is 14.9. The quantitative estimate of drug-likeness (QED) is 0.467. The first-order valence-corrected chi connectivity index (χ1v) is 10.7. The van der Waals surface area contributed by atoms with Crippen molar-refractivity contribution in [1.82, 2.24) is 14.5 Å². The number of pyridine rings is 1. The van der Waals surface area contributed by atoms with Crippen LogP contribution in [0.4, 0.5) is 9.18 Å². The maximum absolute atomic E-state index is 13.8. The van der Waals surface area contributed by atoms with Gasteiger partial charge < -0.3 is 19.8 Å².